The van der Waals surface area contributed by atoms with Crippen molar-refractivity contribution in [2.75, 3.05) is 5.32 Å². The summed E-state index contributed by atoms with van der Waals surface area (Å²) < 4.78 is 0. The van der Waals surface area contributed by atoms with Crippen molar-refractivity contribution in [3.8, 4) is 0 Å². The topological polar surface area (TPSA) is 24.4 Å². The zero-order valence-corrected chi connectivity index (χ0v) is 21.7. The Bertz CT molecular complexity index is 856. The molecule has 2 aromatic carbocycles. The van der Waals surface area contributed by atoms with Gasteiger partial charge in [-0.1, -0.05) is 113 Å². The average Bonchev–Trinajstić information content (AvgIpc) is 2.66. The molecule has 170 valence electrons. The van der Waals surface area contributed by atoms with E-state index in [0.717, 1.165) is 11.5 Å². The minimum absolute atomic E-state index is 0.114. The first kappa shape index (κ1) is 25.2. The zero-order chi connectivity index (χ0) is 23.5. The van der Waals surface area contributed by atoms with Crippen LogP contribution in [0.4, 0.5) is 11.4 Å². The highest BCUT2D eigenvalue weighted by Crippen LogP contribution is 2.38. The van der Waals surface area contributed by atoms with Crippen molar-refractivity contribution in [1.82, 2.24) is 0 Å². The molecule has 2 rings (SSSR count). The molecule has 2 aromatic rings. The van der Waals surface area contributed by atoms with Crippen LogP contribution < -0.4 is 5.32 Å². The highest BCUT2D eigenvalue weighted by Gasteiger charge is 2.24. The average molecular weight is 421 g/mol. The van der Waals surface area contributed by atoms with Crippen LogP contribution in [0.15, 0.2) is 41.4 Å². The molecule has 0 aromatic heterocycles. The maximum absolute atomic E-state index is 5.37. The van der Waals surface area contributed by atoms with Gasteiger partial charge < -0.3 is 5.32 Å². The molecule has 0 bridgehead atoms. The summed E-state index contributed by atoms with van der Waals surface area (Å²) >= 11 is 0. The molecule has 1 N–H and O–H groups in total. The van der Waals surface area contributed by atoms with Crippen molar-refractivity contribution in [2.45, 2.75) is 99.8 Å². The molecule has 0 aliphatic heterocycles. The van der Waals surface area contributed by atoms with Gasteiger partial charge in [0.05, 0.1) is 5.69 Å². The van der Waals surface area contributed by atoms with Crippen LogP contribution in [0.3, 0.4) is 0 Å². The second kappa shape index (κ2) is 10.0. The number of hydrogen-bond donors (Lipinski definition) is 1. The first-order chi connectivity index (χ1) is 14.3. The molecule has 0 atom stereocenters. The van der Waals surface area contributed by atoms with Crippen LogP contribution in [0.1, 0.15) is 122 Å². The summed E-state index contributed by atoms with van der Waals surface area (Å²) in [6.07, 6.45) is 0. The summed E-state index contributed by atoms with van der Waals surface area (Å²) in [4.78, 5) is 5.37. The predicted molar refractivity (Wildman–Crippen MR) is 139 cm³/mol. The molecule has 2 nitrogen and oxygen atoms in total. The number of hydrogen-bond acceptors (Lipinski definition) is 1. The lowest BCUT2D eigenvalue weighted by Crippen LogP contribution is -2.29. The lowest BCUT2D eigenvalue weighted by molar-refractivity contribution is 0.589. The molecule has 0 radical (unpaired) electrons. The van der Waals surface area contributed by atoms with Gasteiger partial charge in [0, 0.05) is 11.1 Å². The molecule has 0 aliphatic rings. The van der Waals surface area contributed by atoms with Gasteiger partial charge in [-0.2, -0.15) is 0 Å². The number of amidine groups is 1. The van der Waals surface area contributed by atoms with Crippen LogP contribution in [0.5, 0.6) is 0 Å². The molecule has 0 spiro atoms. The van der Waals surface area contributed by atoms with Gasteiger partial charge in [0.25, 0.3) is 0 Å². The second-order valence-electron chi connectivity index (χ2n) is 11.1. The third kappa shape index (κ3) is 5.99. The Morgan fingerprint density at radius 1 is 0.645 bits per heavy atom. The molecule has 0 unspecified atom stereocenters. The lowest BCUT2D eigenvalue weighted by atomic mass is 9.89. The highest BCUT2D eigenvalue weighted by molar-refractivity contribution is 6.02. The maximum Gasteiger partial charge on any atom is 0.112 e. The van der Waals surface area contributed by atoms with E-state index in [2.05, 4.69) is 118 Å². The quantitative estimate of drug-likeness (QED) is 0.365. The van der Waals surface area contributed by atoms with E-state index in [1.165, 1.54) is 27.9 Å². The van der Waals surface area contributed by atoms with E-state index in [-0.39, 0.29) is 5.41 Å². The molecule has 0 fully saturated rings. The monoisotopic (exact) mass is 420 g/mol. The summed E-state index contributed by atoms with van der Waals surface area (Å²) in [6.45, 7) is 24.8. The Labute approximate surface area is 191 Å². The molecule has 31 heavy (non-hydrogen) atoms. The largest absolute Gasteiger partial charge is 0.343 e. The fourth-order valence-corrected chi connectivity index (χ4v) is 3.95. The van der Waals surface area contributed by atoms with Gasteiger partial charge in [0.1, 0.15) is 5.84 Å². The van der Waals surface area contributed by atoms with E-state index < -0.39 is 0 Å². The molecular formula is C29H44N2. The molecule has 2 heteroatoms. The number of anilines is 1. The minimum Gasteiger partial charge on any atom is -0.343 e. The van der Waals surface area contributed by atoms with Crippen molar-refractivity contribution < 1.29 is 0 Å². The van der Waals surface area contributed by atoms with Crippen molar-refractivity contribution in [3.63, 3.8) is 0 Å². The number of rotatable bonds is 6. The molecule has 0 heterocycles. The number of nitrogens with one attached hydrogen (secondary N) is 1. The summed E-state index contributed by atoms with van der Waals surface area (Å²) in [7, 11) is 0. The predicted octanol–water partition coefficient (Wildman–Crippen LogP) is 9.37. The normalized spacial score (nSPS) is 13.1. The van der Waals surface area contributed by atoms with Crippen LogP contribution in [0.25, 0.3) is 0 Å². The first-order valence-corrected chi connectivity index (χ1v) is 12.0. The van der Waals surface area contributed by atoms with Crippen LogP contribution in [0, 0.1) is 5.41 Å². The maximum atomic E-state index is 5.37. The zero-order valence-electron chi connectivity index (χ0n) is 21.7. The summed E-state index contributed by atoms with van der Waals surface area (Å²) in [5.74, 6) is 2.76. The number of nitrogens with zero attached hydrogens (tertiary/aromatic N) is 1. The molecule has 0 aliphatic carbocycles. The molecule has 0 amide bonds. The van der Waals surface area contributed by atoms with Crippen LogP contribution >= 0.6 is 0 Å². The second-order valence-corrected chi connectivity index (χ2v) is 11.1. The highest BCUT2D eigenvalue weighted by atomic mass is 15.0. The van der Waals surface area contributed by atoms with Gasteiger partial charge in [-0.25, -0.2) is 4.99 Å². The van der Waals surface area contributed by atoms with E-state index in [1.807, 2.05) is 0 Å². The van der Waals surface area contributed by atoms with Crippen molar-refractivity contribution in [1.29, 1.82) is 0 Å². The first-order valence-electron chi connectivity index (χ1n) is 12.0. The van der Waals surface area contributed by atoms with Crippen LogP contribution in [-0.2, 0) is 0 Å². The fourth-order valence-electron chi connectivity index (χ4n) is 3.95. The Kier molecular flexibility index (Phi) is 8.14. The Hall–Kier alpha value is -2.09. The Morgan fingerprint density at radius 3 is 1.32 bits per heavy atom. The van der Waals surface area contributed by atoms with E-state index in [1.54, 1.807) is 0 Å². The Balaban J connectivity index is 2.76. The van der Waals surface area contributed by atoms with Gasteiger partial charge >= 0.3 is 0 Å². The van der Waals surface area contributed by atoms with Gasteiger partial charge in [0.15, 0.2) is 0 Å². The molecular weight excluding hydrogens is 376 g/mol. The van der Waals surface area contributed by atoms with E-state index >= 15 is 0 Å². The number of benzene rings is 2. The third-order valence-corrected chi connectivity index (χ3v) is 5.89. The van der Waals surface area contributed by atoms with E-state index in [9.17, 15) is 0 Å². The van der Waals surface area contributed by atoms with Crippen molar-refractivity contribution in [2.24, 2.45) is 10.4 Å². The van der Waals surface area contributed by atoms with Gasteiger partial charge in [-0.15, -0.1) is 0 Å². The van der Waals surface area contributed by atoms with Gasteiger partial charge in [-0.3, -0.25) is 0 Å². The summed E-state index contributed by atoms with van der Waals surface area (Å²) in [5.41, 5.74) is 7.59. The molecule has 0 saturated carbocycles. The third-order valence-electron chi connectivity index (χ3n) is 5.89. The van der Waals surface area contributed by atoms with E-state index in [0.29, 0.717) is 23.7 Å². The molecule has 0 saturated heterocycles. The lowest BCUT2D eigenvalue weighted by Gasteiger charge is -2.28. The number of aliphatic imine (C=N–C) groups is 1. The minimum atomic E-state index is -0.114. The van der Waals surface area contributed by atoms with Crippen molar-refractivity contribution in [3.05, 3.63) is 58.7 Å². The van der Waals surface area contributed by atoms with Crippen LogP contribution in [-0.4, -0.2) is 5.84 Å². The fraction of sp³-hybridized carbons (Fsp3) is 0.552. The van der Waals surface area contributed by atoms with Crippen LogP contribution in [0.2, 0.25) is 0 Å². The SMILES string of the molecule is CC(C)c1cccc(C(C)C)c1N=C(Nc1c(C(C)C)cccc1C(C)C)C(C)(C)C. The smallest absolute Gasteiger partial charge is 0.112 e. The van der Waals surface area contributed by atoms with E-state index in [4.69, 9.17) is 4.99 Å². The summed E-state index contributed by atoms with van der Waals surface area (Å²) in [6, 6.07) is 13.3. The van der Waals surface area contributed by atoms with Gasteiger partial charge in [0.2, 0.25) is 0 Å². The van der Waals surface area contributed by atoms with Crippen molar-refractivity contribution >= 4 is 17.2 Å². The summed E-state index contributed by atoms with van der Waals surface area (Å²) in [5, 5.41) is 3.85. The Morgan fingerprint density at radius 2 is 1.00 bits per heavy atom. The standard InChI is InChI=1S/C29H44N2/c1-18(2)22-14-12-15-23(19(3)4)26(22)30-28(29(9,10)11)31-27-24(20(5)6)16-13-17-25(27)21(7)8/h12-21H,1-11H3,(H,30,31). The van der Waals surface area contributed by atoms with Gasteiger partial charge in [-0.05, 0) is 45.9 Å². The number of para-hydroxylation sites is 2.